The quantitative estimate of drug-likeness (QED) is 0.588. The molecule has 0 radical (unpaired) electrons. The summed E-state index contributed by atoms with van der Waals surface area (Å²) in [6.07, 6.45) is 2.66. The zero-order valence-corrected chi connectivity index (χ0v) is 12.0. The van der Waals surface area contributed by atoms with Gasteiger partial charge in [0.2, 0.25) is 0 Å². The van der Waals surface area contributed by atoms with Gasteiger partial charge in [-0.1, -0.05) is 11.6 Å². The molecule has 1 aromatic rings. The van der Waals surface area contributed by atoms with E-state index in [0.29, 0.717) is 11.0 Å². The van der Waals surface area contributed by atoms with Crippen LogP contribution in [0.25, 0.3) is 0 Å². The molecule has 2 rings (SSSR count). The second-order valence-corrected chi connectivity index (χ2v) is 5.31. The number of aryl methyl sites for hydroxylation is 1. The Hall–Kier alpha value is -0.870. The lowest BCUT2D eigenvalue weighted by Gasteiger charge is -2.20. The molecular formula is C13H20ClN3O. The average molecular weight is 270 g/mol. The summed E-state index contributed by atoms with van der Waals surface area (Å²) in [5.74, 6) is 2.40. The molecule has 0 spiro atoms. The Bertz CT molecular complexity index is 421. The van der Waals surface area contributed by atoms with Crippen molar-refractivity contribution in [1.82, 2.24) is 9.97 Å². The molecule has 1 aliphatic carbocycles. The Labute approximate surface area is 113 Å². The molecule has 100 valence electrons. The van der Waals surface area contributed by atoms with Crippen molar-refractivity contribution in [3.63, 3.8) is 0 Å². The third-order valence-electron chi connectivity index (χ3n) is 3.16. The van der Waals surface area contributed by atoms with E-state index in [1.165, 1.54) is 12.8 Å². The highest BCUT2D eigenvalue weighted by atomic mass is 35.5. The summed E-state index contributed by atoms with van der Waals surface area (Å²) in [4.78, 5) is 10.6. The fourth-order valence-corrected chi connectivity index (χ4v) is 2.00. The van der Waals surface area contributed by atoms with E-state index >= 15 is 0 Å². The maximum atomic E-state index is 6.07. The average Bonchev–Trinajstić information content (AvgIpc) is 3.13. The standard InChI is InChI=1S/C13H20ClN3O/c1-9-12(14)15-10(2)16-13(9)17(3)6-7-18-8-11-4-5-11/h11H,4-8H2,1-3H3. The third kappa shape index (κ3) is 3.56. The zero-order chi connectivity index (χ0) is 13.1. The van der Waals surface area contributed by atoms with E-state index in [0.717, 1.165) is 37.1 Å². The fraction of sp³-hybridized carbons (Fsp3) is 0.692. The monoisotopic (exact) mass is 269 g/mol. The number of anilines is 1. The number of ether oxygens (including phenoxy) is 1. The first-order valence-corrected chi connectivity index (χ1v) is 6.75. The van der Waals surface area contributed by atoms with Gasteiger partial charge < -0.3 is 9.64 Å². The van der Waals surface area contributed by atoms with Gasteiger partial charge in [0, 0.05) is 25.8 Å². The highest BCUT2D eigenvalue weighted by Crippen LogP contribution is 2.28. The number of hydrogen-bond acceptors (Lipinski definition) is 4. The summed E-state index contributed by atoms with van der Waals surface area (Å²) in [7, 11) is 2.01. The smallest absolute Gasteiger partial charge is 0.137 e. The van der Waals surface area contributed by atoms with Gasteiger partial charge in [0.15, 0.2) is 0 Å². The van der Waals surface area contributed by atoms with Crippen molar-refractivity contribution in [2.45, 2.75) is 26.7 Å². The van der Waals surface area contributed by atoms with Gasteiger partial charge in [-0.05, 0) is 32.6 Å². The molecule has 1 saturated carbocycles. The second-order valence-electron chi connectivity index (χ2n) is 4.95. The van der Waals surface area contributed by atoms with Crippen LogP contribution in [0.15, 0.2) is 0 Å². The van der Waals surface area contributed by atoms with Gasteiger partial charge in [0.1, 0.15) is 16.8 Å². The SMILES string of the molecule is Cc1nc(Cl)c(C)c(N(C)CCOCC2CC2)n1. The molecule has 0 saturated heterocycles. The summed E-state index contributed by atoms with van der Waals surface area (Å²) in [6, 6.07) is 0. The lowest BCUT2D eigenvalue weighted by Crippen LogP contribution is -2.25. The Morgan fingerprint density at radius 2 is 2.06 bits per heavy atom. The highest BCUT2D eigenvalue weighted by Gasteiger charge is 2.21. The van der Waals surface area contributed by atoms with E-state index in [-0.39, 0.29) is 0 Å². The van der Waals surface area contributed by atoms with Crippen LogP contribution < -0.4 is 4.90 Å². The minimum Gasteiger partial charge on any atom is -0.379 e. The Morgan fingerprint density at radius 1 is 1.33 bits per heavy atom. The normalized spacial score (nSPS) is 14.9. The van der Waals surface area contributed by atoms with Gasteiger partial charge in [-0.2, -0.15) is 0 Å². The number of nitrogens with zero attached hydrogens (tertiary/aromatic N) is 3. The first-order valence-electron chi connectivity index (χ1n) is 6.37. The van der Waals surface area contributed by atoms with Crippen molar-refractivity contribution < 1.29 is 4.74 Å². The Kier molecular flexibility index (Phi) is 4.40. The predicted molar refractivity (Wildman–Crippen MR) is 73.3 cm³/mol. The van der Waals surface area contributed by atoms with E-state index in [9.17, 15) is 0 Å². The van der Waals surface area contributed by atoms with Crippen molar-refractivity contribution in [2.75, 3.05) is 31.7 Å². The first kappa shape index (κ1) is 13.6. The minimum absolute atomic E-state index is 0.531. The van der Waals surface area contributed by atoms with Crippen LogP contribution in [-0.2, 0) is 4.74 Å². The van der Waals surface area contributed by atoms with Gasteiger partial charge in [-0.25, -0.2) is 9.97 Å². The van der Waals surface area contributed by atoms with E-state index in [2.05, 4.69) is 14.9 Å². The number of likely N-dealkylation sites (N-methyl/N-ethyl adjacent to an activating group) is 1. The van der Waals surface area contributed by atoms with Crippen LogP contribution in [-0.4, -0.2) is 36.8 Å². The fourth-order valence-electron chi connectivity index (χ4n) is 1.79. The van der Waals surface area contributed by atoms with Crippen LogP contribution in [0, 0.1) is 19.8 Å². The summed E-state index contributed by atoms with van der Waals surface area (Å²) in [5.41, 5.74) is 0.923. The van der Waals surface area contributed by atoms with E-state index < -0.39 is 0 Å². The zero-order valence-electron chi connectivity index (χ0n) is 11.2. The topological polar surface area (TPSA) is 38.2 Å². The lowest BCUT2D eigenvalue weighted by atomic mass is 10.3. The molecule has 0 bridgehead atoms. The molecule has 1 heterocycles. The molecular weight excluding hydrogens is 250 g/mol. The Morgan fingerprint density at radius 3 is 2.72 bits per heavy atom. The molecule has 1 aromatic heterocycles. The molecule has 0 N–H and O–H groups in total. The number of aromatic nitrogens is 2. The van der Waals surface area contributed by atoms with Gasteiger partial charge in [0.25, 0.3) is 0 Å². The van der Waals surface area contributed by atoms with Crippen LogP contribution in [0.4, 0.5) is 5.82 Å². The van der Waals surface area contributed by atoms with Crippen molar-refractivity contribution in [1.29, 1.82) is 0 Å². The van der Waals surface area contributed by atoms with Crippen molar-refractivity contribution in [3.05, 3.63) is 16.5 Å². The van der Waals surface area contributed by atoms with Crippen molar-refractivity contribution in [3.8, 4) is 0 Å². The molecule has 4 nitrogen and oxygen atoms in total. The molecule has 0 amide bonds. The molecule has 0 aromatic carbocycles. The van der Waals surface area contributed by atoms with Crippen molar-refractivity contribution in [2.24, 2.45) is 5.92 Å². The molecule has 0 aliphatic heterocycles. The van der Waals surface area contributed by atoms with Crippen LogP contribution in [0.1, 0.15) is 24.2 Å². The van der Waals surface area contributed by atoms with Crippen LogP contribution in [0.3, 0.4) is 0 Å². The summed E-state index contributed by atoms with van der Waals surface area (Å²) in [5, 5.41) is 0.531. The third-order valence-corrected chi connectivity index (χ3v) is 3.52. The highest BCUT2D eigenvalue weighted by molar-refractivity contribution is 6.30. The molecule has 1 aliphatic rings. The predicted octanol–water partition coefficient (Wildman–Crippen LogP) is 2.61. The van der Waals surface area contributed by atoms with Gasteiger partial charge in [0.05, 0.1) is 6.61 Å². The number of halogens is 1. The summed E-state index contributed by atoms with van der Waals surface area (Å²) < 4.78 is 5.63. The van der Waals surface area contributed by atoms with Crippen LogP contribution in [0.2, 0.25) is 5.15 Å². The molecule has 18 heavy (non-hydrogen) atoms. The van der Waals surface area contributed by atoms with Gasteiger partial charge >= 0.3 is 0 Å². The van der Waals surface area contributed by atoms with Gasteiger partial charge in [-0.3, -0.25) is 0 Å². The van der Waals surface area contributed by atoms with Crippen molar-refractivity contribution >= 4 is 17.4 Å². The number of rotatable bonds is 6. The van der Waals surface area contributed by atoms with E-state index in [1.54, 1.807) is 0 Å². The maximum absolute atomic E-state index is 6.07. The lowest BCUT2D eigenvalue weighted by molar-refractivity contribution is 0.130. The number of hydrogen-bond donors (Lipinski definition) is 0. The second kappa shape index (κ2) is 5.85. The maximum Gasteiger partial charge on any atom is 0.137 e. The first-order chi connectivity index (χ1) is 8.58. The molecule has 0 unspecified atom stereocenters. The van der Waals surface area contributed by atoms with E-state index in [1.807, 2.05) is 20.9 Å². The van der Waals surface area contributed by atoms with Crippen LogP contribution >= 0.6 is 11.6 Å². The summed E-state index contributed by atoms with van der Waals surface area (Å²) in [6.45, 7) is 6.24. The van der Waals surface area contributed by atoms with Gasteiger partial charge in [-0.15, -0.1) is 0 Å². The van der Waals surface area contributed by atoms with E-state index in [4.69, 9.17) is 16.3 Å². The van der Waals surface area contributed by atoms with Crippen LogP contribution in [0.5, 0.6) is 0 Å². The summed E-state index contributed by atoms with van der Waals surface area (Å²) >= 11 is 6.07. The molecule has 5 heteroatoms. The molecule has 1 fully saturated rings. The molecule has 0 atom stereocenters. The minimum atomic E-state index is 0.531. The Balaban J connectivity index is 1.88. The largest absolute Gasteiger partial charge is 0.379 e.